The highest BCUT2D eigenvalue weighted by Crippen LogP contribution is 2.26. The van der Waals surface area contributed by atoms with Crippen molar-refractivity contribution in [3.8, 4) is 16.9 Å². The van der Waals surface area contributed by atoms with Crippen molar-refractivity contribution in [3.05, 3.63) is 54.1 Å². The Kier molecular flexibility index (Phi) is 4.37. The van der Waals surface area contributed by atoms with Gasteiger partial charge in [-0.15, -0.1) is 0 Å². The summed E-state index contributed by atoms with van der Waals surface area (Å²) in [7, 11) is 0. The normalized spacial score (nSPS) is 10.3. The number of aliphatic hydroxyl groups is 1. The van der Waals surface area contributed by atoms with Gasteiger partial charge in [-0.1, -0.05) is 36.4 Å². The fraction of sp³-hybridized carbons (Fsp3) is 0.250. The first-order valence-corrected chi connectivity index (χ1v) is 6.21. The van der Waals surface area contributed by atoms with E-state index in [1.54, 1.807) is 0 Å². The Morgan fingerprint density at radius 3 is 2.44 bits per heavy atom. The molecule has 0 saturated carbocycles. The second-order valence-electron chi connectivity index (χ2n) is 4.27. The summed E-state index contributed by atoms with van der Waals surface area (Å²) in [5.41, 5.74) is 3.53. The largest absolute Gasteiger partial charge is 0.493 e. The average Bonchev–Trinajstić information content (AvgIpc) is 2.42. The maximum atomic E-state index is 8.73. The molecule has 2 aromatic rings. The Balaban J connectivity index is 2.15. The van der Waals surface area contributed by atoms with Gasteiger partial charge in [0.05, 0.1) is 6.61 Å². The lowest BCUT2D eigenvalue weighted by atomic mass is 10.0. The van der Waals surface area contributed by atoms with Crippen molar-refractivity contribution < 1.29 is 9.84 Å². The number of hydrogen-bond donors (Lipinski definition) is 1. The molecule has 94 valence electrons. The molecule has 0 aliphatic carbocycles. The molecule has 0 atom stereocenters. The predicted octanol–water partition coefficient (Wildman–Crippen LogP) is 3.42. The highest BCUT2D eigenvalue weighted by atomic mass is 16.5. The van der Waals surface area contributed by atoms with Gasteiger partial charge in [-0.3, -0.25) is 0 Å². The molecule has 0 aliphatic heterocycles. The Morgan fingerprint density at radius 1 is 1.00 bits per heavy atom. The number of rotatable bonds is 5. The van der Waals surface area contributed by atoms with Crippen molar-refractivity contribution in [1.29, 1.82) is 0 Å². The minimum absolute atomic E-state index is 0.168. The first-order valence-electron chi connectivity index (χ1n) is 6.21. The Morgan fingerprint density at radius 2 is 1.78 bits per heavy atom. The van der Waals surface area contributed by atoms with Gasteiger partial charge in [-0.2, -0.15) is 0 Å². The molecule has 0 aliphatic rings. The van der Waals surface area contributed by atoms with Crippen LogP contribution in [0.15, 0.2) is 48.5 Å². The predicted molar refractivity (Wildman–Crippen MR) is 73.8 cm³/mol. The van der Waals surface area contributed by atoms with Crippen LogP contribution in [0.1, 0.15) is 12.0 Å². The standard InChI is InChI=1S/C16H18O2/c1-13-12-15(14-6-3-2-4-7-14)8-9-16(13)18-11-5-10-17/h2-4,6-9,12,17H,5,10-11H2,1H3. The first-order chi connectivity index (χ1) is 8.81. The van der Waals surface area contributed by atoms with Gasteiger partial charge in [0.25, 0.3) is 0 Å². The van der Waals surface area contributed by atoms with Crippen LogP contribution in [0, 0.1) is 6.92 Å². The molecule has 0 heterocycles. The van der Waals surface area contributed by atoms with E-state index in [1.807, 2.05) is 31.2 Å². The summed E-state index contributed by atoms with van der Waals surface area (Å²) in [6, 6.07) is 16.5. The zero-order valence-corrected chi connectivity index (χ0v) is 10.6. The third-order valence-corrected chi connectivity index (χ3v) is 2.84. The van der Waals surface area contributed by atoms with Gasteiger partial charge >= 0.3 is 0 Å². The molecule has 0 saturated heterocycles. The molecule has 0 amide bonds. The van der Waals surface area contributed by atoms with E-state index in [4.69, 9.17) is 9.84 Å². The van der Waals surface area contributed by atoms with E-state index in [0.717, 1.165) is 11.3 Å². The zero-order chi connectivity index (χ0) is 12.8. The van der Waals surface area contributed by atoms with Crippen LogP contribution in [0.25, 0.3) is 11.1 Å². The molecule has 2 heteroatoms. The van der Waals surface area contributed by atoms with E-state index in [0.29, 0.717) is 13.0 Å². The van der Waals surface area contributed by atoms with E-state index in [9.17, 15) is 0 Å². The maximum Gasteiger partial charge on any atom is 0.122 e. The molecule has 0 bridgehead atoms. The number of benzene rings is 2. The van der Waals surface area contributed by atoms with Gasteiger partial charge in [0.2, 0.25) is 0 Å². The highest BCUT2D eigenvalue weighted by Gasteiger charge is 2.02. The molecule has 2 nitrogen and oxygen atoms in total. The highest BCUT2D eigenvalue weighted by molar-refractivity contribution is 5.65. The monoisotopic (exact) mass is 242 g/mol. The van der Waals surface area contributed by atoms with Gasteiger partial charge in [-0.05, 0) is 35.7 Å². The van der Waals surface area contributed by atoms with E-state index in [1.165, 1.54) is 11.1 Å². The van der Waals surface area contributed by atoms with Crippen LogP contribution in [-0.4, -0.2) is 18.3 Å². The van der Waals surface area contributed by atoms with Crippen LogP contribution in [0.4, 0.5) is 0 Å². The molecule has 0 aromatic heterocycles. The lowest BCUT2D eigenvalue weighted by molar-refractivity contribution is 0.233. The Labute approximate surface area is 108 Å². The number of aryl methyl sites for hydroxylation is 1. The molecule has 2 aromatic carbocycles. The van der Waals surface area contributed by atoms with Crippen LogP contribution >= 0.6 is 0 Å². The topological polar surface area (TPSA) is 29.5 Å². The summed E-state index contributed by atoms with van der Waals surface area (Å²) >= 11 is 0. The summed E-state index contributed by atoms with van der Waals surface area (Å²) in [5.74, 6) is 0.892. The van der Waals surface area contributed by atoms with E-state index in [-0.39, 0.29) is 6.61 Å². The molecule has 0 radical (unpaired) electrons. The van der Waals surface area contributed by atoms with Crippen LogP contribution in [0.3, 0.4) is 0 Å². The van der Waals surface area contributed by atoms with Crippen molar-refractivity contribution in [1.82, 2.24) is 0 Å². The van der Waals surface area contributed by atoms with Gasteiger partial charge in [0.1, 0.15) is 5.75 Å². The second-order valence-corrected chi connectivity index (χ2v) is 4.27. The number of hydrogen-bond acceptors (Lipinski definition) is 2. The fourth-order valence-corrected chi connectivity index (χ4v) is 1.87. The number of ether oxygens (including phenoxy) is 1. The molecule has 2 rings (SSSR count). The van der Waals surface area contributed by atoms with Crippen molar-refractivity contribution in [2.45, 2.75) is 13.3 Å². The Bertz CT molecular complexity index is 492. The van der Waals surface area contributed by atoms with Crippen molar-refractivity contribution >= 4 is 0 Å². The zero-order valence-electron chi connectivity index (χ0n) is 10.6. The van der Waals surface area contributed by atoms with E-state index in [2.05, 4.69) is 24.3 Å². The third kappa shape index (κ3) is 3.11. The summed E-state index contributed by atoms with van der Waals surface area (Å²) in [4.78, 5) is 0. The molecule has 18 heavy (non-hydrogen) atoms. The molecule has 0 unspecified atom stereocenters. The van der Waals surface area contributed by atoms with E-state index >= 15 is 0 Å². The van der Waals surface area contributed by atoms with Gasteiger partial charge in [-0.25, -0.2) is 0 Å². The maximum absolute atomic E-state index is 8.73. The third-order valence-electron chi connectivity index (χ3n) is 2.84. The second kappa shape index (κ2) is 6.22. The van der Waals surface area contributed by atoms with Crippen molar-refractivity contribution in [2.24, 2.45) is 0 Å². The summed E-state index contributed by atoms with van der Waals surface area (Å²) in [6.07, 6.45) is 0.667. The smallest absolute Gasteiger partial charge is 0.122 e. The molecular formula is C16H18O2. The van der Waals surface area contributed by atoms with Gasteiger partial charge in [0.15, 0.2) is 0 Å². The van der Waals surface area contributed by atoms with E-state index < -0.39 is 0 Å². The molecular weight excluding hydrogens is 224 g/mol. The Hall–Kier alpha value is -1.80. The van der Waals surface area contributed by atoms with Crippen molar-refractivity contribution in [2.75, 3.05) is 13.2 Å². The molecule has 0 fully saturated rings. The number of aliphatic hydroxyl groups excluding tert-OH is 1. The minimum Gasteiger partial charge on any atom is -0.493 e. The quantitative estimate of drug-likeness (QED) is 0.814. The first kappa shape index (κ1) is 12.7. The lowest BCUT2D eigenvalue weighted by Gasteiger charge is -2.10. The van der Waals surface area contributed by atoms with Crippen LogP contribution in [0.2, 0.25) is 0 Å². The van der Waals surface area contributed by atoms with Crippen LogP contribution in [-0.2, 0) is 0 Å². The van der Waals surface area contributed by atoms with Crippen molar-refractivity contribution in [3.63, 3.8) is 0 Å². The minimum atomic E-state index is 0.168. The van der Waals surface area contributed by atoms with Crippen LogP contribution < -0.4 is 4.74 Å². The lowest BCUT2D eigenvalue weighted by Crippen LogP contribution is -2.00. The average molecular weight is 242 g/mol. The van der Waals surface area contributed by atoms with Gasteiger partial charge in [0, 0.05) is 13.0 Å². The summed E-state index contributed by atoms with van der Waals surface area (Å²) in [5, 5.41) is 8.73. The fourth-order valence-electron chi connectivity index (χ4n) is 1.87. The summed E-state index contributed by atoms with van der Waals surface area (Å²) < 4.78 is 5.61. The van der Waals surface area contributed by atoms with Crippen LogP contribution in [0.5, 0.6) is 5.75 Å². The SMILES string of the molecule is Cc1cc(-c2ccccc2)ccc1OCCCO. The summed E-state index contributed by atoms with van der Waals surface area (Å²) in [6.45, 7) is 2.77. The molecule has 0 spiro atoms. The van der Waals surface area contributed by atoms with Gasteiger partial charge < -0.3 is 9.84 Å². The molecule has 1 N–H and O–H groups in total.